The average Bonchev–Trinajstić information content (AvgIpc) is 3.26. The zero-order valence-corrected chi connectivity index (χ0v) is 40.6. The van der Waals surface area contributed by atoms with Crippen molar-refractivity contribution in [2.45, 2.75) is 289 Å². The highest BCUT2D eigenvalue weighted by atomic mass is 16.5. The highest BCUT2D eigenvalue weighted by molar-refractivity contribution is 5.76. The minimum atomic E-state index is -0.851. The van der Waals surface area contributed by atoms with Crippen molar-refractivity contribution in [3.8, 4) is 0 Å². The second kappa shape index (κ2) is 50.7. The molecule has 0 aliphatic rings. The number of unbranched alkanes of at least 4 members (excludes halogenated alkanes) is 34. The van der Waals surface area contributed by atoms with Crippen LogP contribution in [0.4, 0.5) is 0 Å². The van der Waals surface area contributed by atoms with E-state index in [1.807, 2.05) is 6.08 Å². The summed E-state index contributed by atoms with van der Waals surface area (Å²) in [6, 6.07) is -0.636. The number of esters is 1. The van der Waals surface area contributed by atoms with Gasteiger partial charge in [-0.15, -0.1) is 0 Å². The lowest BCUT2D eigenvalue weighted by Gasteiger charge is -2.20. The number of carbonyl (C=O) groups is 2. The van der Waals surface area contributed by atoms with Crippen molar-refractivity contribution in [1.29, 1.82) is 0 Å². The second-order valence-corrected chi connectivity index (χ2v) is 18.2. The van der Waals surface area contributed by atoms with Gasteiger partial charge in [0, 0.05) is 12.8 Å². The van der Waals surface area contributed by atoms with E-state index in [2.05, 4.69) is 43.5 Å². The maximum absolute atomic E-state index is 12.4. The molecule has 6 heteroatoms. The van der Waals surface area contributed by atoms with Crippen LogP contribution in [0, 0.1) is 0 Å². The molecule has 1 amide bonds. The van der Waals surface area contributed by atoms with Gasteiger partial charge in [0.15, 0.2) is 0 Å². The quantitative estimate of drug-likeness (QED) is 0.0322. The van der Waals surface area contributed by atoms with E-state index in [-0.39, 0.29) is 18.5 Å². The fourth-order valence-electron chi connectivity index (χ4n) is 8.02. The van der Waals surface area contributed by atoms with Crippen LogP contribution in [-0.2, 0) is 14.3 Å². The molecule has 6 nitrogen and oxygen atoms in total. The third-order valence-electron chi connectivity index (χ3n) is 12.2. The molecular weight excluding hydrogens is 755 g/mol. The Hall–Kier alpha value is -1.92. The molecule has 0 saturated heterocycles. The zero-order chi connectivity index (χ0) is 44.4. The Morgan fingerprint density at radius 3 is 1.28 bits per heavy atom. The van der Waals surface area contributed by atoms with E-state index >= 15 is 0 Å². The van der Waals surface area contributed by atoms with Crippen LogP contribution in [0.2, 0.25) is 0 Å². The van der Waals surface area contributed by atoms with Crippen molar-refractivity contribution in [3.05, 3.63) is 36.5 Å². The number of amides is 1. The molecule has 2 unspecified atom stereocenters. The lowest BCUT2D eigenvalue weighted by Crippen LogP contribution is -2.45. The van der Waals surface area contributed by atoms with Crippen LogP contribution in [0.15, 0.2) is 36.5 Å². The summed E-state index contributed by atoms with van der Waals surface area (Å²) in [6.07, 6.45) is 61.4. The molecule has 0 aliphatic carbocycles. The van der Waals surface area contributed by atoms with Crippen LogP contribution in [-0.4, -0.2) is 47.4 Å². The number of carbonyl (C=O) groups excluding carboxylic acids is 2. The summed E-state index contributed by atoms with van der Waals surface area (Å²) in [5.74, 6) is -0.0912. The van der Waals surface area contributed by atoms with Gasteiger partial charge in [-0.3, -0.25) is 9.59 Å². The predicted octanol–water partition coefficient (Wildman–Crippen LogP) is 16.1. The standard InChI is InChI=1S/C55H103NO5/c1-3-5-7-9-11-13-15-17-18-19-20-25-29-33-37-41-45-49-55(60)61-50-46-42-38-34-30-26-22-21-24-28-32-36-40-44-48-54(59)56-52(51-57)53(58)47-43-39-35-31-27-23-16-14-12-10-8-6-4-2/h11,13,17-18,43,47,52-53,57-58H,3-10,12,14-16,19-42,44-46,48-51H2,1-2H3,(H,56,59)/b13-11-,18-17-,47-43+. The van der Waals surface area contributed by atoms with Crippen molar-refractivity contribution >= 4 is 11.9 Å². The fourth-order valence-corrected chi connectivity index (χ4v) is 8.02. The van der Waals surface area contributed by atoms with Crippen LogP contribution >= 0.6 is 0 Å². The van der Waals surface area contributed by atoms with E-state index in [1.165, 1.54) is 186 Å². The molecule has 0 aromatic heterocycles. The van der Waals surface area contributed by atoms with Crippen LogP contribution in [0.25, 0.3) is 0 Å². The summed E-state index contributed by atoms with van der Waals surface area (Å²) in [5.41, 5.74) is 0. The van der Waals surface area contributed by atoms with Crippen LogP contribution in [0.3, 0.4) is 0 Å². The lowest BCUT2D eigenvalue weighted by molar-refractivity contribution is -0.143. The molecule has 0 saturated carbocycles. The molecule has 0 aromatic rings. The average molecular weight is 858 g/mol. The molecule has 0 heterocycles. The summed E-state index contributed by atoms with van der Waals surface area (Å²) >= 11 is 0. The van der Waals surface area contributed by atoms with E-state index in [0.29, 0.717) is 19.4 Å². The van der Waals surface area contributed by atoms with Crippen molar-refractivity contribution in [2.24, 2.45) is 0 Å². The largest absolute Gasteiger partial charge is 0.466 e. The number of aliphatic hydroxyl groups excluding tert-OH is 2. The van der Waals surface area contributed by atoms with Gasteiger partial charge in [-0.1, -0.05) is 237 Å². The summed E-state index contributed by atoms with van der Waals surface area (Å²) in [5, 5.41) is 23.0. The summed E-state index contributed by atoms with van der Waals surface area (Å²) in [7, 11) is 0. The van der Waals surface area contributed by atoms with Gasteiger partial charge in [0.2, 0.25) is 5.91 Å². The van der Waals surface area contributed by atoms with Crippen molar-refractivity contribution in [1.82, 2.24) is 5.32 Å². The maximum Gasteiger partial charge on any atom is 0.305 e. The summed E-state index contributed by atoms with van der Waals surface area (Å²) < 4.78 is 5.47. The van der Waals surface area contributed by atoms with Crippen molar-refractivity contribution in [3.63, 3.8) is 0 Å². The zero-order valence-electron chi connectivity index (χ0n) is 40.6. The highest BCUT2D eigenvalue weighted by Gasteiger charge is 2.18. The number of ether oxygens (including phenoxy) is 1. The Kier molecular flexibility index (Phi) is 49.1. The maximum atomic E-state index is 12.4. The minimum Gasteiger partial charge on any atom is -0.466 e. The molecule has 0 rings (SSSR count). The number of hydrogen-bond donors (Lipinski definition) is 3. The van der Waals surface area contributed by atoms with Gasteiger partial charge in [0.25, 0.3) is 0 Å². The molecule has 358 valence electrons. The Morgan fingerprint density at radius 2 is 0.820 bits per heavy atom. The molecule has 0 radical (unpaired) electrons. The molecule has 0 aliphatic heterocycles. The highest BCUT2D eigenvalue weighted by Crippen LogP contribution is 2.16. The third-order valence-corrected chi connectivity index (χ3v) is 12.2. The van der Waals surface area contributed by atoms with E-state index in [9.17, 15) is 19.8 Å². The third kappa shape index (κ3) is 47.4. The predicted molar refractivity (Wildman–Crippen MR) is 264 cm³/mol. The molecule has 3 N–H and O–H groups in total. The topological polar surface area (TPSA) is 95.9 Å². The fraction of sp³-hybridized carbons (Fsp3) is 0.855. The number of allylic oxidation sites excluding steroid dienone is 5. The normalized spacial score (nSPS) is 12.9. The van der Waals surface area contributed by atoms with E-state index < -0.39 is 12.1 Å². The first-order chi connectivity index (χ1) is 30.0. The van der Waals surface area contributed by atoms with Crippen molar-refractivity contribution < 1.29 is 24.5 Å². The van der Waals surface area contributed by atoms with Gasteiger partial charge in [0.05, 0.1) is 25.4 Å². The number of nitrogens with one attached hydrogen (secondary N) is 1. The Labute approximate surface area is 379 Å². The van der Waals surface area contributed by atoms with Gasteiger partial charge < -0.3 is 20.3 Å². The molecule has 2 atom stereocenters. The second-order valence-electron chi connectivity index (χ2n) is 18.2. The van der Waals surface area contributed by atoms with Gasteiger partial charge in [-0.2, -0.15) is 0 Å². The molecule has 61 heavy (non-hydrogen) atoms. The minimum absolute atomic E-state index is 0.0117. The number of aliphatic hydroxyl groups is 2. The molecular formula is C55H103NO5. The first kappa shape index (κ1) is 59.1. The SMILES string of the molecule is CCCCC/C=C\C/C=C\CCCCCCCCCC(=O)OCCCCCCCCCCCCCCCCC(=O)NC(CO)C(O)/C=C/CCCCCCCCCCCCC. The molecule has 0 fully saturated rings. The van der Waals surface area contributed by atoms with Crippen LogP contribution in [0.5, 0.6) is 0 Å². The summed E-state index contributed by atoms with van der Waals surface area (Å²) in [4.78, 5) is 24.5. The molecule has 0 bridgehead atoms. The Morgan fingerprint density at radius 1 is 0.459 bits per heavy atom. The van der Waals surface area contributed by atoms with E-state index in [4.69, 9.17) is 4.74 Å². The number of hydrogen-bond acceptors (Lipinski definition) is 5. The van der Waals surface area contributed by atoms with Crippen LogP contribution < -0.4 is 5.32 Å². The van der Waals surface area contributed by atoms with Gasteiger partial charge in [-0.25, -0.2) is 0 Å². The van der Waals surface area contributed by atoms with Gasteiger partial charge in [-0.05, 0) is 64.2 Å². The van der Waals surface area contributed by atoms with Crippen LogP contribution in [0.1, 0.15) is 277 Å². The van der Waals surface area contributed by atoms with E-state index in [0.717, 1.165) is 64.2 Å². The van der Waals surface area contributed by atoms with E-state index in [1.54, 1.807) is 6.08 Å². The van der Waals surface area contributed by atoms with Gasteiger partial charge >= 0.3 is 5.97 Å². The smallest absolute Gasteiger partial charge is 0.305 e. The first-order valence-corrected chi connectivity index (χ1v) is 26.8. The summed E-state index contributed by atoms with van der Waals surface area (Å²) in [6.45, 7) is 4.84. The molecule has 0 spiro atoms. The van der Waals surface area contributed by atoms with Gasteiger partial charge in [0.1, 0.15) is 0 Å². The Balaban J connectivity index is 3.46. The lowest BCUT2D eigenvalue weighted by atomic mass is 10.0. The molecule has 0 aromatic carbocycles. The Bertz CT molecular complexity index is 993. The number of rotatable bonds is 49. The first-order valence-electron chi connectivity index (χ1n) is 26.8. The van der Waals surface area contributed by atoms with Crippen molar-refractivity contribution in [2.75, 3.05) is 13.2 Å². The monoisotopic (exact) mass is 858 g/mol.